The first-order valence-electron chi connectivity index (χ1n) is 6.74. The van der Waals surface area contributed by atoms with Crippen LogP contribution in [0.5, 0.6) is 6.01 Å². The summed E-state index contributed by atoms with van der Waals surface area (Å²) in [5.41, 5.74) is 0.988. The quantitative estimate of drug-likeness (QED) is 0.787. The Morgan fingerprint density at radius 2 is 2.28 bits per heavy atom. The summed E-state index contributed by atoms with van der Waals surface area (Å²) in [6.07, 6.45) is 4.28. The highest BCUT2D eigenvalue weighted by atomic mass is 16.5. The van der Waals surface area contributed by atoms with Crippen LogP contribution >= 0.6 is 0 Å². The van der Waals surface area contributed by atoms with Crippen LogP contribution in [-0.4, -0.2) is 36.2 Å². The lowest BCUT2D eigenvalue weighted by molar-refractivity contribution is 0.310. The lowest BCUT2D eigenvalue weighted by atomic mass is 9.98. The summed E-state index contributed by atoms with van der Waals surface area (Å²) in [6.45, 7) is 6.68. The van der Waals surface area contributed by atoms with Gasteiger partial charge in [-0.15, -0.1) is 0 Å². The van der Waals surface area contributed by atoms with Gasteiger partial charge in [0.05, 0.1) is 12.3 Å². The van der Waals surface area contributed by atoms with Crippen LogP contribution in [-0.2, 0) is 6.54 Å². The van der Waals surface area contributed by atoms with Gasteiger partial charge < -0.3 is 15.4 Å². The van der Waals surface area contributed by atoms with Crippen molar-refractivity contribution in [3.8, 4) is 6.01 Å². The van der Waals surface area contributed by atoms with Crippen molar-refractivity contribution in [1.82, 2.24) is 20.6 Å². The molecule has 1 aliphatic heterocycles. The lowest BCUT2D eigenvalue weighted by Gasteiger charge is -2.22. The zero-order chi connectivity index (χ0) is 12.6. The summed E-state index contributed by atoms with van der Waals surface area (Å²) < 4.78 is 5.28. The van der Waals surface area contributed by atoms with Crippen LogP contribution in [0.25, 0.3) is 0 Å². The molecule has 1 aromatic rings. The minimum atomic E-state index is 0.471. The monoisotopic (exact) mass is 250 g/mol. The number of nitrogens with zero attached hydrogens (tertiary/aromatic N) is 2. The standard InChI is InChI=1S/C13H22N4O/c1-2-18-13-16-8-5-12(17-13)10-15-9-11-3-6-14-7-4-11/h5,8,11,14-15H,2-4,6-7,9-10H2,1H3. The molecule has 0 unspecified atom stereocenters. The van der Waals surface area contributed by atoms with E-state index < -0.39 is 0 Å². The van der Waals surface area contributed by atoms with Gasteiger partial charge >= 0.3 is 6.01 Å². The highest BCUT2D eigenvalue weighted by Crippen LogP contribution is 2.10. The second-order valence-corrected chi connectivity index (χ2v) is 4.59. The number of nitrogens with one attached hydrogen (secondary N) is 2. The lowest BCUT2D eigenvalue weighted by Crippen LogP contribution is -2.33. The van der Waals surface area contributed by atoms with E-state index in [1.807, 2.05) is 13.0 Å². The third-order valence-electron chi connectivity index (χ3n) is 3.16. The Labute approximate surface area is 108 Å². The topological polar surface area (TPSA) is 59.1 Å². The molecule has 2 heterocycles. The van der Waals surface area contributed by atoms with Crippen molar-refractivity contribution in [3.63, 3.8) is 0 Å². The third kappa shape index (κ3) is 4.23. The van der Waals surface area contributed by atoms with E-state index >= 15 is 0 Å². The summed E-state index contributed by atoms with van der Waals surface area (Å²) in [6, 6.07) is 2.40. The Hall–Kier alpha value is -1.20. The molecule has 0 spiro atoms. The van der Waals surface area contributed by atoms with E-state index in [9.17, 15) is 0 Å². The average Bonchev–Trinajstić information content (AvgIpc) is 2.41. The molecule has 1 fully saturated rings. The number of hydrogen-bond acceptors (Lipinski definition) is 5. The van der Waals surface area contributed by atoms with E-state index in [2.05, 4.69) is 20.6 Å². The molecular formula is C13H22N4O. The van der Waals surface area contributed by atoms with Crippen LogP contribution in [0.1, 0.15) is 25.5 Å². The molecule has 2 rings (SSSR count). The fraction of sp³-hybridized carbons (Fsp3) is 0.692. The minimum Gasteiger partial charge on any atom is -0.464 e. The van der Waals surface area contributed by atoms with Gasteiger partial charge in [-0.25, -0.2) is 4.98 Å². The van der Waals surface area contributed by atoms with E-state index in [0.717, 1.165) is 37.8 Å². The van der Waals surface area contributed by atoms with Gasteiger partial charge in [0.2, 0.25) is 0 Å². The number of ether oxygens (including phenoxy) is 1. The van der Waals surface area contributed by atoms with Gasteiger partial charge in [0.1, 0.15) is 0 Å². The van der Waals surface area contributed by atoms with E-state index in [1.54, 1.807) is 6.20 Å². The molecule has 5 heteroatoms. The first-order chi connectivity index (χ1) is 8.88. The molecular weight excluding hydrogens is 228 g/mol. The summed E-state index contributed by atoms with van der Waals surface area (Å²) in [7, 11) is 0. The SMILES string of the molecule is CCOc1nccc(CNCC2CCNCC2)n1. The Balaban J connectivity index is 1.73. The van der Waals surface area contributed by atoms with E-state index in [-0.39, 0.29) is 0 Å². The smallest absolute Gasteiger partial charge is 0.316 e. The van der Waals surface area contributed by atoms with Crippen molar-refractivity contribution < 1.29 is 4.74 Å². The van der Waals surface area contributed by atoms with Crippen molar-refractivity contribution in [2.75, 3.05) is 26.2 Å². The van der Waals surface area contributed by atoms with Crippen LogP contribution in [0.15, 0.2) is 12.3 Å². The first kappa shape index (κ1) is 13.2. The fourth-order valence-electron chi connectivity index (χ4n) is 2.16. The molecule has 1 saturated heterocycles. The number of hydrogen-bond donors (Lipinski definition) is 2. The highest BCUT2D eigenvalue weighted by molar-refractivity contribution is 5.05. The van der Waals surface area contributed by atoms with Crippen molar-refractivity contribution >= 4 is 0 Å². The van der Waals surface area contributed by atoms with Gasteiger partial charge in [-0.05, 0) is 51.4 Å². The van der Waals surface area contributed by atoms with Gasteiger partial charge in [0.25, 0.3) is 0 Å². The third-order valence-corrected chi connectivity index (χ3v) is 3.16. The Kier molecular flexibility index (Phi) is 5.36. The van der Waals surface area contributed by atoms with Gasteiger partial charge in [0.15, 0.2) is 0 Å². The van der Waals surface area contributed by atoms with Crippen molar-refractivity contribution in [1.29, 1.82) is 0 Å². The second-order valence-electron chi connectivity index (χ2n) is 4.59. The molecule has 18 heavy (non-hydrogen) atoms. The summed E-state index contributed by atoms with van der Waals surface area (Å²) in [4.78, 5) is 8.39. The molecule has 0 amide bonds. The zero-order valence-electron chi connectivity index (χ0n) is 11.0. The van der Waals surface area contributed by atoms with Crippen LogP contribution in [0.2, 0.25) is 0 Å². The molecule has 1 aromatic heterocycles. The van der Waals surface area contributed by atoms with Gasteiger partial charge in [-0.3, -0.25) is 0 Å². The normalized spacial score (nSPS) is 16.7. The zero-order valence-corrected chi connectivity index (χ0v) is 11.0. The second kappa shape index (κ2) is 7.28. The van der Waals surface area contributed by atoms with E-state index in [0.29, 0.717) is 12.6 Å². The maximum atomic E-state index is 5.28. The van der Waals surface area contributed by atoms with Crippen LogP contribution in [0.3, 0.4) is 0 Å². The molecule has 1 aliphatic rings. The molecule has 0 atom stereocenters. The molecule has 5 nitrogen and oxygen atoms in total. The molecule has 0 aromatic carbocycles. The summed E-state index contributed by atoms with van der Waals surface area (Å²) in [5.74, 6) is 0.791. The molecule has 2 N–H and O–H groups in total. The average molecular weight is 250 g/mol. The predicted molar refractivity (Wildman–Crippen MR) is 70.5 cm³/mol. The Bertz CT molecular complexity index is 353. The van der Waals surface area contributed by atoms with E-state index in [1.165, 1.54) is 12.8 Å². The van der Waals surface area contributed by atoms with Crippen molar-refractivity contribution in [2.24, 2.45) is 5.92 Å². The Morgan fingerprint density at radius 3 is 3.06 bits per heavy atom. The molecule has 0 aliphatic carbocycles. The van der Waals surface area contributed by atoms with Crippen LogP contribution < -0.4 is 15.4 Å². The van der Waals surface area contributed by atoms with Gasteiger partial charge in [-0.2, -0.15) is 4.98 Å². The summed E-state index contributed by atoms with van der Waals surface area (Å²) in [5, 5.41) is 6.85. The number of aromatic nitrogens is 2. The molecule has 0 radical (unpaired) electrons. The molecule has 0 saturated carbocycles. The molecule has 100 valence electrons. The Morgan fingerprint density at radius 1 is 1.44 bits per heavy atom. The van der Waals surface area contributed by atoms with Crippen LogP contribution in [0.4, 0.5) is 0 Å². The fourth-order valence-corrected chi connectivity index (χ4v) is 2.16. The summed E-state index contributed by atoms with van der Waals surface area (Å²) >= 11 is 0. The minimum absolute atomic E-state index is 0.471. The van der Waals surface area contributed by atoms with Gasteiger partial charge in [-0.1, -0.05) is 0 Å². The van der Waals surface area contributed by atoms with Crippen molar-refractivity contribution in [3.05, 3.63) is 18.0 Å². The number of piperidine rings is 1. The first-order valence-corrected chi connectivity index (χ1v) is 6.74. The maximum absolute atomic E-state index is 5.28. The van der Waals surface area contributed by atoms with E-state index in [4.69, 9.17) is 4.74 Å². The predicted octanol–water partition coefficient (Wildman–Crippen LogP) is 0.964. The highest BCUT2D eigenvalue weighted by Gasteiger charge is 2.12. The number of rotatable bonds is 6. The van der Waals surface area contributed by atoms with Crippen LogP contribution in [0, 0.1) is 5.92 Å². The molecule has 0 bridgehead atoms. The largest absolute Gasteiger partial charge is 0.464 e. The van der Waals surface area contributed by atoms with Gasteiger partial charge in [0, 0.05) is 12.7 Å². The maximum Gasteiger partial charge on any atom is 0.316 e. The van der Waals surface area contributed by atoms with Crippen molar-refractivity contribution in [2.45, 2.75) is 26.3 Å².